The fraction of sp³-hybridized carbons (Fsp3) is 0.909. The predicted molar refractivity (Wildman–Crippen MR) is 99.3 cm³/mol. The number of hydrogen-bond donors (Lipinski definition) is 1. The highest BCUT2D eigenvalue weighted by atomic mass is 16.4. The Hall–Kier alpha value is -0.860. The van der Waals surface area contributed by atoms with Gasteiger partial charge in [0.05, 0.1) is 5.41 Å². The quantitative estimate of drug-likeness (QED) is 0.720. The summed E-state index contributed by atoms with van der Waals surface area (Å²) in [7, 11) is 0. The van der Waals surface area contributed by atoms with Crippen LogP contribution in [0.5, 0.6) is 0 Å². The maximum absolute atomic E-state index is 12.9. The van der Waals surface area contributed by atoms with E-state index in [0.29, 0.717) is 18.1 Å². The van der Waals surface area contributed by atoms with Crippen molar-refractivity contribution < 1.29 is 14.7 Å². The Morgan fingerprint density at radius 1 is 1.04 bits per heavy atom. The van der Waals surface area contributed by atoms with Gasteiger partial charge in [-0.2, -0.15) is 0 Å². The summed E-state index contributed by atoms with van der Waals surface area (Å²) in [6.07, 6.45) is 8.70. The molecule has 0 heterocycles. The Morgan fingerprint density at radius 3 is 2.28 bits per heavy atom. The van der Waals surface area contributed by atoms with Gasteiger partial charge in [-0.15, -0.1) is 0 Å². The molecule has 0 saturated heterocycles. The van der Waals surface area contributed by atoms with Crippen LogP contribution < -0.4 is 0 Å². The number of carboxylic acid groups (broad SMARTS) is 1. The van der Waals surface area contributed by atoms with E-state index in [9.17, 15) is 14.7 Å². The van der Waals surface area contributed by atoms with Crippen LogP contribution in [0.3, 0.4) is 0 Å². The maximum Gasteiger partial charge on any atom is 0.309 e. The number of hydrogen-bond acceptors (Lipinski definition) is 2. The summed E-state index contributed by atoms with van der Waals surface area (Å²) in [5, 5.41) is 10.0. The molecule has 3 saturated carbocycles. The van der Waals surface area contributed by atoms with Crippen LogP contribution in [-0.2, 0) is 9.59 Å². The van der Waals surface area contributed by atoms with Gasteiger partial charge in [0, 0.05) is 11.8 Å². The zero-order chi connectivity index (χ0) is 18.7. The molecule has 3 heteroatoms. The van der Waals surface area contributed by atoms with Crippen LogP contribution in [0.15, 0.2) is 0 Å². The predicted octanol–water partition coefficient (Wildman–Crippen LogP) is 5.47. The van der Waals surface area contributed by atoms with Gasteiger partial charge in [-0.3, -0.25) is 9.59 Å². The molecule has 142 valence electrons. The van der Waals surface area contributed by atoms with Gasteiger partial charge in [0.2, 0.25) is 0 Å². The molecule has 0 spiro atoms. The minimum atomic E-state index is -0.608. The number of Topliss-reactive ketones (excluding diaryl/α,β-unsaturated/α-hetero) is 1. The summed E-state index contributed by atoms with van der Waals surface area (Å²) in [6, 6.07) is 0. The number of carbonyl (C=O) groups excluding carboxylic acids is 1. The van der Waals surface area contributed by atoms with Crippen LogP contribution in [0.1, 0.15) is 92.4 Å². The molecule has 3 rings (SSSR count). The molecule has 0 radical (unpaired) electrons. The van der Waals surface area contributed by atoms with E-state index in [1.54, 1.807) is 0 Å². The number of rotatable bonds is 2. The Morgan fingerprint density at radius 2 is 1.68 bits per heavy atom. The molecule has 0 aliphatic heterocycles. The molecular weight excluding hydrogens is 312 g/mol. The van der Waals surface area contributed by atoms with Gasteiger partial charge in [-0.05, 0) is 74.5 Å². The van der Waals surface area contributed by atoms with E-state index in [2.05, 4.69) is 27.7 Å². The topological polar surface area (TPSA) is 54.4 Å². The summed E-state index contributed by atoms with van der Waals surface area (Å²) in [5.74, 6) is 0.543. The average molecular weight is 349 g/mol. The third-order valence-electron chi connectivity index (χ3n) is 8.86. The van der Waals surface area contributed by atoms with Crippen LogP contribution in [0.2, 0.25) is 0 Å². The lowest BCUT2D eigenvalue weighted by Crippen LogP contribution is -2.58. The van der Waals surface area contributed by atoms with Crippen LogP contribution in [-0.4, -0.2) is 16.9 Å². The second-order valence-electron chi connectivity index (χ2n) is 10.5. The number of carboxylic acids is 1. The average Bonchev–Trinajstić information content (AvgIpc) is 2.62. The summed E-state index contributed by atoms with van der Waals surface area (Å²) in [5.41, 5.74) is -0.676. The number of aliphatic carboxylic acids is 1. The highest BCUT2D eigenvalue weighted by Gasteiger charge is 2.63. The Labute approximate surface area is 153 Å². The smallest absolute Gasteiger partial charge is 0.309 e. The van der Waals surface area contributed by atoms with E-state index in [1.165, 1.54) is 0 Å². The third-order valence-corrected chi connectivity index (χ3v) is 8.86. The zero-order valence-corrected chi connectivity index (χ0v) is 16.8. The lowest BCUT2D eigenvalue weighted by Gasteiger charge is -2.63. The summed E-state index contributed by atoms with van der Waals surface area (Å²) < 4.78 is 0. The lowest BCUT2D eigenvalue weighted by atomic mass is 9.41. The van der Waals surface area contributed by atoms with Gasteiger partial charge in [-0.25, -0.2) is 0 Å². The number of fused-ring (bicyclic) bond motifs is 3. The van der Waals surface area contributed by atoms with Crippen molar-refractivity contribution in [3.63, 3.8) is 0 Å². The van der Waals surface area contributed by atoms with E-state index in [1.807, 2.05) is 6.92 Å². The van der Waals surface area contributed by atoms with Crippen molar-refractivity contribution in [2.75, 3.05) is 0 Å². The van der Waals surface area contributed by atoms with E-state index in [4.69, 9.17) is 0 Å². The van der Waals surface area contributed by atoms with Crippen molar-refractivity contribution in [2.24, 2.45) is 33.5 Å². The first-order valence-electron chi connectivity index (χ1n) is 10.3. The van der Waals surface area contributed by atoms with Crippen LogP contribution >= 0.6 is 0 Å². The summed E-state index contributed by atoms with van der Waals surface area (Å²) >= 11 is 0. The minimum absolute atomic E-state index is 0.0497. The van der Waals surface area contributed by atoms with E-state index < -0.39 is 11.4 Å². The molecule has 3 aliphatic rings. The highest BCUT2D eigenvalue weighted by Crippen LogP contribution is 2.68. The molecular formula is C22H36O3. The summed E-state index contributed by atoms with van der Waals surface area (Å²) in [6.45, 7) is 10.8. The molecule has 25 heavy (non-hydrogen) atoms. The summed E-state index contributed by atoms with van der Waals surface area (Å²) in [4.78, 5) is 25.1. The van der Waals surface area contributed by atoms with Crippen LogP contribution in [0.4, 0.5) is 0 Å². The molecule has 0 amide bonds. The number of ketones is 1. The third kappa shape index (κ3) is 2.59. The van der Waals surface area contributed by atoms with E-state index in [0.717, 1.165) is 51.4 Å². The molecule has 3 nitrogen and oxygen atoms in total. The molecule has 3 aliphatic carbocycles. The molecule has 5 unspecified atom stereocenters. The highest BCUT2D eigenvalue weighted by molar-refractivity contribution is 5.85. The largest absolute Gasteiger partial charge is 0.481 e. The molecule has 0 bridgehead atoms. The fourth-order valence-corrected chi connectivity index (χ4v) is 7.16. The lowest BCUT2D eigenvalue weighted by molar-refractivity contribution is -0.182. The first-order valence-corrected chi connectivity index (χ1v) is 10.3. The minimum Gasteiger partial charge on any atom is -0.481 e. The molecule has 0 aromatic heterocycles. The fourth-order valence-electron chi connectivity index (χ4n) is 7.16. The van der Waals surface area contributed by atoms with Gasteiger partial charge in [-0.1, -0.05) is 34.1 Å². The normalized spacial score (nSPS) is 46.7. The first kappa shape index (κ1) is 18.9. The first-order chi connectivity index (χ1) is 11.5. The van der Waals surface area contributed by atoms with Crippen LogP contribution in [0.25, 0.3) is 0 Å². The van der Waals surface area contributed by atoms with Crippen molar-refractivity contribution in [3.8, 4) is 0 Å². The molecule has 0 aromatic rings. The molecule has 0 aromatic carbocycles. The van der Waals surface area contributed by atoms with Gasteiger partial charge in [0.1, 0.15) is 5.78 Å². The van der Waals surface area contributed by atoms with Crippen molar-refractivity contribution in [2.45, 2.75) is 92.4 Å². The van der Waals surface area contributed by atoms with Gasteiger partial charge in [0.25, 0.3) is 0 Å². The van der Waals surface area contributed by atoms with E-state index in [-0.39, 0.29) is 22.2 Å². The van der Waals surface area contributed by atoms with E-state index >= 15 is 0 Å². The second kappa shape index (κ2) is 5.82. The molecule has 3 fully saturated rings. The monoisotopic (exact) mass is 348 g/mol. The van der Waals surface area contributed by atoms with Gasteiger partial charge < -0.3 is 5.11 Å². The van der Waals surface area contributed by atoms with Crippen molar-refractivity contribution in [1.29, 1.82) is 0 Å². The van der Waals surface area contributed by atoms with Gasteiger partial charge in [0.15, 0.2) is 0 Å². The zero-order valence-electron chi connectivity index (χ0n) is 16.8. The second-order valence-corrected chi connectivity index (χ2v) is 10.5. The SMILES string of the molecule is CCC12CCCC(C)(C(=O)O)C1CCC1(C)CC(=O)C(C)(C)CCC12. The standard InChI is InChI=1S/C22H36O3/c1-6-22-11-7-10-21(5,18(24)25)16(22)9-13-20(4)14-17(23)19(2,3)12-8-15(20)22/h15-16H,6-14H2,1-5H3,(H,24,25). The maximum atomic E-state index is 12.9. The van der Waals surface area contributed by atoms with Crippen molar-refractivity contribution in [1.82, 2.24) is 0 Å². The molecule has 1 N–H and O–H groups in total. The van der Waals surface area contributed by atoms with Crippen molar-refractivity contribution in [3.05, 3.63) is 0 Å². The van der Waals surface area contributed by atoms with Gasteiger partial charge >= 0.3 is 5.97 Å². The Kier molecular flexibility index (Phi) is 4.41. The molecule has 5 atom stereocenters. The number of carbonyl (C=O) groups is 2. The Bertz CT molecular complexity index is 580. The van der Waals surface area contributed by atoms with Crippen molar-refractivity contribution >= 4 is 11.8 Å². The van der Waals surface area contributed by atoms with Crippen LogP contribution in [0, 0.1) is 33.5 Å². The Balaban J connectivity index is 2.07.